The lowest BCUT2D eigenvalue weighted by molar-refractivity contribution is 0.105. The Hall–Kier alpha value is -2.54. The zero-order valence-corrected chi connectivity index (χ0v) is 20.7. The fraction of sp³-hybridized carbons (Fsp3) is 0.630. The molecule has 1 aromatic carbocycles. The third kappa shape index (κ3) is 4.81. The Kier molecular flexibility index (Phi) is 7.09. The van der Waals surface area contributed by atoms with Crippen LogP contribution in [0.4, 0.5) is 0 Å². The van der Waals surface area contributed by atoms with Crippen LogP contribution in [0.25, 0.3) is 10.9 Å². The number of rotatable bonds is 8. The second kappa shape index (κ2) is 10.4. The molecule has 2 saturated carbocycles. The van der Waals surface area contributed by atoms with Gasteiger partial charge in [-0.15, -0.1) is 5.10 Å². The van der Waals surface area contributed by atoms with Crippen LogP contribution >= 0.6 is 0 Å². The van der Waals surface area contributed by atoms with E-state index < -0.39 is 0 Å². The quantitative estimate of drug-likeness (QED) is 0.470. The highest BCUT2D eigenvalue weighted by Gasteiger charge is 2.34. The molecule has 0 saturated heterocycles. The minimum absolute atomic E-state index is 0.0169. The van der Waals surface area contributed by atoms with Crippen molar-refractivity contribution in [1.82, 2.24) is 30.1 Å². The molecule has 3 aromatic rings. The number of nitrogens with one attached hydrogen (secondary N) is 1. The van der Waals surface area contributed by atoms with Gasteiger partial charge in [0.25, 0.3) is 5.56 Å². The Morgan fingerprint density at radius 2 is 1.85 bits per heavy atom. The van der Waals surface area contributed by atoms with Crippen molar-refractivity contribution in [3.8, 4) is 0 Å². The SMILES string of the molecule is CCC[C@H](c1nnnn1C1CCCCC1)N(Cc1cc2ccc(C)cc2[nH]c1=O)C1CCCC1. The molecular formula is C27H38N6O. The van der Waals surface area contributed by atoms with Crippen molar-refractivity contribution < 1.29 is 0 Å². The van der Waals surface area contributed by atoms with Crippen molar-refractivity contribution in [3.05, 3.63) is 51.6 Å². The average Bonchev–Trinajstić information content (AvgIpc) is 3.55. The molecule has 2 aliphatic rings. The summed E-state index contributed by atoms with van der Waals surface area (Å²) in [5, 5.41) is 14.3. The van der Waals surface area contributed by atoms with Crippen molar-refractivity contribution in [1.29, 1.82) is 0 Å². The van der Waals surface area contributed by atoms with Crippen LogP contribution in [0.5, 0.6) is 0 Å². The molecule has 182 valence electrons. The second-order valence-corrected chi connectivity index (χ2v) is 10.4. The van der Waals surface area contributed by atoms with E-state index in [2.05, 4.69) is 62.1 Å². The number of H-pyrrole nitrogens is 1. The van der Waals surface area contributed by atoms with Crippen LogP contribution in [0, 0.1) is 6.92 Å². The highest BCUT2D eigenvalue weighted by Crippen LogP contribution is 2.36. The van der Waals surface area contributed by atoms with Crippen molar-refractivity contribution in [2.75, 3.05) is 0 Å². The average molecular weight is 463 g/mol. The molecule has 2 aliphatic carbocycles. The van der Waals surface area contributed by atoms with Crippen LogP contribution in [0.15, 0.2) is 29.1 Å². The molecule has 7 nitrogen and oxygen atoms in total. The van der Waals surface area contributed by atoms with E-state index in [9.17, 15) is 4.79 Å². The number of aryl methyl sites for hydroxylation is 1. The zero-order chi connectivity index (χ0) is 23.5. The van der Waals surface area contributed by atoms with Crippen molar-refractivity contribution >= 4 is 10.9 Å². The fourth-order valence-electron chi connectivity index (χ4n) is 6.13. The zero-order valence-electron chi connectivity index (χ0n) is 20.7. The van der Waals surface area contributed by atoms with Gasteiger partial charge in [0.1, 0.15) is 0 Å². The summed E-state index contributed by atoms with van der Waals surface area (Å²) in [4.78, 5) is 18.8. The second-order valence-electron chi connectivity index (χ2n) is 10.4. The standard InChI is InChI=1S/C27H38N6O/c1-3-9-25(26-29-30-31-33(26)23-12-5-4-6-13-23)32(22-10-7-8-11-22)18-21-17-20-15-14-19(2)16-24(20)28-27(21)34/h14-17,22-23,25H,3-13,18H2,1-2H3,(H,28,34)/t25-/m1/s1. The maximum atomic E-state index is 13.1. The van der Waals surface area contributed by atoms with E-state index in [0.717, 1.165) is 53.5 Å². The van der Waals surface area contributed by atoms with Crippen molar-refractivity contribution in [2.45, 2.75) is 109 Å². The first-order chi connectivity index (χ1) is 16.6. The molecule has 5 rings (SSSR count). The minimum atomic E-state index is 0.0169. The van der Waals surface area contributed by atoms with E-state index in [1.165, 1.54) is 44.9 Å². The summed E-state index contributed by atoms with van der Waals surface area (Å²) in [6.07, 6.45) is 13.0. The topological polar surface area (TPSA) is 79.7 Å². The fourth-order valence-corrected chi connectivity index (χ4v) is 6.13. The van der Waals surface area contributed by atoms with Gasteiger partial charge in [0.2, 0.25) is 0 Å². The Bertz CT molecular complexity index is 1160. The molecule has 2 heterocycles. The van der Waals surface area contributed by atoms with Gasteiger partial charge in [0, 0.05) is 23.7 Å². The number of pyridine rings is 1. The Morgan fingerprint density at radius 3 is 2.62 bits per heavy atom. The predicted octanol–water partition coefficient (Wildman–Crippen LogP) is 5.61. The normalized spacial score (nSPS) is 18.8. The molecule has 0 aliphatic heterocycles. The van der Waals surface area contributed by atoms with Gasteiger partial charge in [0.05, 0.1) is 12.1 Å². The molecule has 1 N–H and O–H groups in total. The molecule has 2 aromatic heterocycles. The number of hydrogen-bond acceptors (Lipinski definition) is 5. The lowest BCUT2D eigenvalue weighted by Gasteiger charge is -2.36. The number of nitrogens with zero attached hydrogens (tertiary/aromatic N) is 5. The molecule has 1 atom stereocenters. The van der Waals surface area contributed by atoms with Crippen LogP contribution in [0.2, 0.25) is 0 Å². The molecular weight excluding hydrogens is 424 g/mol. The summed E-state index contributed by atoms with van der Waals surface area (Å²) in [5.74, 6) is 0.994. The van der Waals surface area contributed by atoms with Gasteiger partial charge in [-0.3, -0.25) is 9.69 Å². The number of fused-ring (bicyclic) bond motifs is 1. The molecule has 2 fully saturated rings. The first-order valence-electron chi connectivity index (χ1n) is 13.3. The van der Waals surface area contributed by atoms with E-state index >= 15 is 0 Å². The number of aromatic amines is 1. The van der Waals surface area contributed by atoms with Gasteiger partial charge >= 0.3 is 0 Å². The van der Waals surface area contributed by atoms with Gasteiger partial charge < -0.3 is 4.98 Å². The third-order valence-corrected chi connectivity index (χ3v) is 7.92. The lowest BCUT2D eigenvalue weighted by Crippen LogP contribution is -2.39. The van der Waals surface area contributed by atoms with E-state index in [1.54, 1.807) is 0 Å². The summed E-state index contributed by atoms with van der Waals surface area (Å²) in [6, 6.07) is 9.33. The van der Waals surface area contributed by atoms with E-state index in [1.807, 2.05) is 6.07 Å². The van der Waals surface area contributed by atoms with Gasteiger partial charge in [-0.05, 0) is 72.5 Å². The summed E-state index contributed by atoms with van der Waals surface area (Å²) < 4.78 is 2.13. The van der Waals surface area contributed by atoms with E-state index in [0.29, 0.717) is 18.6 Å². The monoisotopic (exact) mass is 462 g/mol. The maximum Gasteiger partial charge on any atom is 0.252 e. The molecule has 0 bridgehead atoms. The summed E-state index contributed by atoms with van der Waals surface area (Å²) in [5.41, 5.74) is 2.91. The molecule has 34 heavy (non-hydrogen) atoms. The van der Waals surface area contributed by atoms with Crippen LogP contribution in [-0.2, 0) is 6.54 Å². The maximum absolute atomic E-state index is 13.1. The lowest BCUT2D eigenvalue weighted by atomic mass is 9.95. The van der Waals surface area contributed by atoms with Gasteiger partial charge in [-0.2, -0.15) is 0 Å². The van der Waals surface area contributed by atoms with E-state index in [-0.39, 0.29) is 11.6 Å². The summed E-state index contributed by atoms with van der Waals surface area (Å²) in [7, 11) is 0. The molecule has 0 unspecified atom stereocenters. The van der Waals surface area contributed by atoms with Crippen LogP contribution in [-0.4, -0.2) is 36.1 Å². The number of aromatic nitrogens is 5. The van der Waals surface area contributed by atoms with Crippen LogP contribution < -0.4 is 5.56 Å². The Labute approximate surface area is 201 Å². The number of hydrogen-bond donors (Lipinski definition) is 1. The molecule has 0 spiro atoms. The largest absolute Gasteiger partial charge is 0.322 e. The first kappa shape index (κ1) is 23.2. The Morgan fingerprint density at radius 1 is 1.09 bits per heavy atom. The van der Waals surface area contributed by atoms with Crippen molar-refractivity contribution in [2.24, 2.45) is 0 Å². The van der Waals surface area contributed by atoms with Gasteiger partial charge in [-0.25, -0.2) is 4.68 Å². The highest BCUT2D eigenvalue weighted by atomic mass is 16.1. The van der Waals surface area contributed by atoms with Crippen molar-refractivity contribution in [3.63, 3.8) is 0 Å². The molecule has 0 radical (unpaired) electrons. The first-order valence-corrected chi connectivity index (χ1v) is 13.3. The minimum Gasteiger partial charge on any atom is -0.322 e. The van der Waals surface area contributed by atoms with Gasteiger partial charge in [-0.1, -0.05) is 57.6 Å². The van der Waals surface area contributed by atoms with Gasteiger partial charge in [0.15, 0.2) is 5.82 Å². The summed E-state index contributed by atoms with van der Waals surface area (Å²) in [6.45, 7) is 4.92. The highest BCUT2D eigenvalue weighted by molar-refractivity contribution is 5.79. The third-order valence-electron chi connectivity index (χ3n) is 7.92. The predicted molar refractivity (Wildman–Crippen MR) is 135 cm³/mol. The van der Waals surface area contributed by atoms with E-state index in [4.69, 9.17) is 0 Å². The molecule has 7 heteroatoms. The smallest absolute Gasteiger partial charge is 0.252 e. The Balaban J connectivity index is 1.52. The van der Waals surface area contributed by atoms with Crippen LogP contribution in [0.3, 0.4) is 0 Å². The number of benzene rings is 1. The summed E-state index contributed by atoms with van der Waals surface area (Å²) >= 11 is 0. The van der Waals surface area contributed by atoms with Crippen LogP contribution in [0.1, 0.15) is 107 Å². The molecule has 0 amide bonds. The number of tetrazole rings is 1.